The molecule has 1 saturated heterocycles. The van der Waals surface area contributed by atoms with E-state index in [0.717, 1.165) is 13.2 Å². The average molecular weight is 180 g/mol. The molecule has 1 radical (unpaired) electrons. The van der Waals surface area contributed by atoms with Crippen LogP contribution in [0.25, 0.3) is 0 Å². The summed E-state index contributed by atoms with van der Waals surface area (Å²) in [6, 6.07) is 0. The van der Waals surface area contributed by atoms with Crippen molar-refractivity contribution in [3.8, 4) is 0 Å². The molecule has 0 amide bonds. The van der Waals surface area contributed by atoms with Gasteiger partial charge in [0.2, 0.25) is 0 Å². The van der Waals surface area contributed by atoms with Crippen LogP contribution in [-0.2, 0) is 27.1 Å². The van der Waals surface area contributed by atoms with Gasteiger partial charge in [-0.3, -0.25) is 0 Å². The Kier molecular flexibility index (Phi) is 4.33. The van der Waals surface area contributed by atoms with Crippen molar-refractivity contribution >= 4 is 0 Å². The molecule has 0 unspecified atom stereocenters. The number of rotatable bonds is 0. The second-order valence-electron chi connectivity index (χ2n) is 1.32. The molecule has 0 atom stereocenters. The SMILES string of the molecule is C1CCOC1.[Ag]. The van der Waals surface area contributed by atoms with Gasteiger partial charge in [0.05, 0.1) is 0 Å². The third kappa shape index (κ3) is 1.98. The van der Waals surface area contributed by atoms with Gasteiger partial charge in [0.1, 0.15) is 0 Å². The van der Waals surface area contributed by atoms with Gasteiger partial charge in [-0.2, -0.15) is 0 Å². The predicted octanol–water partition coefficient (Wildman–Crippen LogP) is 0.794. The molecule has 6 heavy (non-hydrogen) atoms. The first-order valence-electron chi connectivity index (χ1n) is 2.08. The Balaban J connectivity index is 0.000000250. The van der Waals surface area contributed by atoms with Gasteiger partial charge in [-0.05, 0) is 12.8 Å². The van der Waals surface area contributed by atoms with E-state index in [2.05, 4.69) is 0 Å². The third-order valence-corrected chi connectivity index (χ3v) is 0.827. The largest absolute Gasteiger partial charge is 0.381 e. The van der Waals surface area contributed by atoms with Crippen LogP contribution in [0.15, 0.2) is 0 Å². The molecule has 1 aliphatic heterocycles. The van der Waals surface area contributed by atoms with Crippen molar-refractivity contribution in [1.29, 1.82) is 0 Å². The normalized spacial score (nSPS) is 20.0. The molecule has 41 valence electrons. The van der Waals surface area contributed by atoms with Crippen molar-refractivity contribution in [3.05, 3.63) is 0 Å². The molecular formula is C4H8AgO. The standard InChI is InChI=1S/C4H8O.Ag/c1-2-4-5-3-1;/h1-4H2;. The first kappa shape index (κ1) is 6.70. The second-order valence-corrected chi connectivity index (χ2v) is 1.32. The molecular weight excluding hydrogens is 172 g/mol. The van der Waals surface area contributed by atoms with Crippen molar-refractivity contribution in [2.45, 2.75) is 12.8 Å². The zero-order valence-corrected chi connectivity index (χ0v) is 5.02. The smallest absolute Gasteiger partial charge is 0.0466 e. The monoisotopic (exact) mass is 179 g/mol. The van der Waals surface area contributed by atoms with Crippen LogP contribution < -0.4 is 0 Å². The first-order chi connectivity index (χ1) is 2.50. The summed E-state index contributed by atoms with van der Waals surface area (Å²) in [7, 11) is 0. The van der Waals surface area contributed by atoms with Crippen molar-refractivity contribution < 1.29 is 27.1 Å². The summed E-state index contributed by atoms with van der Waals surface area (Å²) in [6.07, 6.45) is 2.56. The van der Waals surface area contributed by atoms with Crippen LogP contribution in [0.1, 0.15) is 12.8 Å². The molecule has 0 N–H and O–H groups in total. The van der Waals surface area contributed by atoms with E-state index in [9.17, 15) is 0 Å². The molecule has 0 spiro atoms. The minimum atomic E-state index is 0. The molecule has 0 saturated carbocycles. The zero-order valence-electron chi connectivity index (χ0n) is 3.54. The topological polar surface area (TPSA) is 9.23 Å². The average Bonchev–Trinajstić information content (AvgIpc) is 1.76. The summed E-state index contributed by atoms with van der Waals surface area (Å²) in [5, 5.41) is 0. The van der Waals surface area contributed by atoms with E-state index in [1.807, 2.05) is 0 Å². The molecule has 0 bridgehead atoms. The molecule has 1 nitrogen and oxygen atoms in total. The van der Waals surface area contributed by atoms with Gasteiger partial charge >= 0.3 is 0 Å². The van der Waals surface area contributed by atoms with E-state index in [4.69, 9.17) is 4.74 Å². The van der Waals surface area contributed by atoms with Crippen molar-refractivity contribution in [2.24, 2.45) is 0 Å². The number of ether oxygens (including phenoxy) is 1. The predicted molar refractivity (Wildman–Crippen MR) is 20.1 cm³/mol. The van der Waals surface area contributed by atoms with E-state index < -0.39 is 0 Å². The van der Waals surface area contributed by atoms with Gasteiger partial charge in [0, 0.05) is 35.6 Å². The summed E-state index contributed by atoms with van der Waals surface area (Å²) in [4.78, 5) is 0. The Hall–Kier alpha value is 0.700. The van der Waals surface area contributed by atoms with E-state index in [-0.39, 0.29) is 22.4 Å². The Morgan fingerprint density at radius 2 is 1.50 bits per heavy atom. The maximum absolute atomic E-state index is 4.94. The minimum absolute atomic E-state index is 0. The van der Waals surface area contributed by atoms with Crippen molar-refractivity contribution in [2.75, 3.05) is 13.2 Å². The number of hydrogen-bond donors (Lipinski definition) is 0. The van der Waals surface area contributed by atoms with Crippen LogP contribution in [0.5, 0.6) is 0 Å². The van der Waals surface area contributed by atoms with Crippen molar-refractivity contribution in [3.63, 3.8) is 0 Å². The molecule has 1 aliphatic rings. The van der Waals surface area contributed by atoms with Gasteiger partial charge < -0.3 is 4.74 Å². The maximum atomic E-state index is 4.94. The van der Waals surface area contributed by atoms with Crippen LogP contribution in [0, 0.1) is 0 Å². The van der Waals surface area contributed by atoms with Crippen LogP contribution in [0.4, 0.5) is 0 Å². The fourth-order valence-electron chi connectivity index (χ4n) is 0.510. The van der Waals surface area contributed by atoms with E-state index >= 15 is 0 Å². The summed E-state index contributed by atoms with van der Waals surface area (Å²) >= 11 is 0. The molecule has 0 aromatic rings. The van der Waals surface area contributed by atoms with E-state index in [1.165, 1.54) is 12.8 Å². The summed E-state index contributed by atoms with van der Waals surface area (Å²) in [5.41, 5.74) is 0. The fourth-order valence-corrected chi connectivity index (χ4v) is 0.510. The molecule has 2 heteroatoms. The summed E-state index contributed by atoms with van der Waals surface area (Å²) in [6.45, 7) is 2.00. The molecule has 0 aliphatic carbocycles. The Morgan fingerprint density at radius 3 is 1.67 bits per heavy atom. The van der Waals surface area contributed by atoms with Gasteiger partial charge in [0.25, 0.3) is 0 Å². The Morgan fingerprint density at radius 1 is 1.00 bits per heavy atom. The van der Waals surface area contributed by atoms with Crippen LogP contribution >= 0.6 is 0 Å². The molecule has 1 rings (SSSR count). The maximum Gasteiger partial charge on any atom is 0.0466 e. The second kappa shape index (κ2) is 3.88. The van der Waals surface area contributed by atoms with Crippen molar-refractivity contribution in [1.82, 2.24) is 0 Å². The van der Waals surface area contributed by atoms with Crippen LogP contribution in [0.2, 0.25) is 0 Å². The molecule has 1 heterocycles. The van der Waals surface area contributed by atoms with Gasteiger partial charge in [-0.25, -0.2) is 0 Å². The Bertz CT molecular complexity index is 19.1. The van der Waals surface area contributed by atoms with Gasteiger partial charge in [-0.1, -0.05) is 0 Å². The quantitative estimate of drug-likeness (QED) is 0.501. The summed E-state index contributed by atoms with van der Waals surface area (Å²) in [5.74, 6) is 0. The zero-order chi connectivity index (χ0) is 3.54. The number of hydrogen-bond acceptors (Lipinski definition) is 1. The molecule has 0 aromatic carbocycles. The molecule has 1 fully saturated rings. The fraction of sp³-hybridized carbons (Fsp3) is 1.00. The van der Waals surface area contributed by atoms with E-state index in [1.54, 1.807) is 0 Å². The van der Waals surface area contributed by atoms with E-state index in [0.29, 0.717) is 0 Å². The third-order valence-electron chi connectivity index (χ3n) is 0.827. The Labute approximate surface area is 53.6 Å². The molecule has 0 aromatic heterocycles. The van der Waals surface area contributed by atoms with Crippen LogP contribution in [-0.4, -0.2) is 13.2 Å². The van der Waals surface area contributed by atoms with Crippen LogP contribution in [0.3, 0.4) is 0 Å². The first-order valence-corrected chi connectivity index (χ1v) is 2.08. The summed E-state index contributed by atoms with van der Waals surface area (Å²) < 4.78 is 4.94. The minimum Gasteiger partial charge on any atom is -0.381 e. The van der Waals surface area contributed by atoms with Gasteiger partial charge in [0.15, 0.2) is 0 Å². The van der Waals surface area contributed by atoms with Gasteiger partial charge in [-0.15, -0.1) is 0 Å².